The van der Waals surface area contributed by atoms with Crippen molar-refractivity contribution in [3.8, 4) is 0 Å². The van der Waals surface area contributed by atoms with E-state index in [1.807, 2.05) is 29.9 Å². The van der Waals surface area contributed by atoms with Gasteiger partial charge in [-0.2, -0.15) is 0 Å². The summed E-state index contributed by atoms with van der Waals surface area (Å²) in [5.74, 6) is 1.95. The molecule has 1 unspecified atom stereocenters. The van der Waals surface area contributed by atoms with Gasteiger partial charge in [0.25, 0.3) is 0 Å². The number of hydrogen-bond acceptors (Lipinski definition) is 3. The van der Waals surface area contributed by atoms with Gasteiger partial charge in [0, 0.05) is 29.3 Å². The largest absolute Gasteiger partial charge is 0.459 e. The molecule has 0 aliphatic heterocycles. The topological polar surface area (TPSA) is 43.0 Å². The van der Waals surface area contributed by atoms with E-state index >= 15 is 0 Å². The normalized spacial score (nSPS) is 12.9. The summed E-state index contributed by atoms with van der Waals surface area (Å²) in [7, 11) is 1.99. The highest BCUT2D eigenvalue weighted by Crippen LogP contribution is 2.26. The summed E-state index contributed by atoms with van der Waals surface area (Å²) in [5, 5.41) is 4.54. The first-order valence-corrected chi connectivity index (χ1v) is 7.31. The summed E-state index contributed by atoms with van der Waals surface area (Å²) in [6, 6.07) is 8.25. The van der Waals surface area contributed by atoms with E-state index in [9.17, 15) is 0 Å². The minimum absolute atomic E-state index is 0.137. The van der Waals surface area contributed by atoms with Crippen molar-refractivity contribution in [1.29, 1.82) is 0 Å². The van der Waals surface area contributed by atoms with Crippen LogP contribution < -0.4 is 5.32 Å². The standard InChI is InChI=1S/C15H16BrN3O/c1-10(18-9-15-17-5-6-19(15)2)14-8-11-7-12(16)3-4-13(11)20-14/h3-8,10,18H,9H2,1-2H3. The highest BCUT2D eigenvalue weighted by Gasteiger charge is 2.12. The lowest BCUT2D eigenvalue weighted by molar-refractivity contribution is 0.444. The summed E-state index contributed by atoms with van der Waals surface area (Å²) in [6.07, 6.45) is 3.75. The number of rotatable bonds is 4. The third-order valence-corrected chi connectivity index (χ3v) is 3.90. The molecule has 0 radical (unpaired) electrons. The second kappa shape index (κ2) is 5.42. The van der Waals surface area contributed by atoms with Crippen LogP contribution in [0.2, 0.25) is 0 Å². The summed E-state index contributed by atoms with van der Waals surface area (Å²) < 4.78 is 8.94. The molecule has 0 saturated carbocycles. The zero-order valence-corrected chi connectivity index (χ0v) is 13.0. The van der Waals surface area contributed by atoms with Crippen molar-refractivity contribution in [2.24, 2.45) is 7.05 Å². The molecule has 0 amide bonds. The molecule has 3 rings (SSSR count). The molecule has 20 heavy (non-hydrogen) atoms. The molecule has 1 aromatic carbocycles. The number of aromatic nitrogens is 2. The predicted octanol–water partition coefficient (Wildman–Crippen LogP) is 3.78. The molecule has 1 N–H and O–H groups in total. The van der Waals surface area contributed by atoms with Gasteiger partial charge in [0.1, 0.15) is 17.2 Å². The maximum absolute atomic E-state index is 5.87. The smallest absolute Gasteiger partial charge is 0.134 e. The number of furan rings is 1. The number of benzene rings is 1. The van der Waals surface area contributed by atoms with Gasteiger partial charge >= 0.3 is 0 Å². The van der Waals surface area contributed by atoms with E-state index in [0.29, 0.717) is 6.54 Å². The van der Waals surface area contributed by atoms with Crippen LogP contribution in [0, 0.1) is 0 Å². The van der Waals surface area contributed by atoms with Gasteiger partial charge in [-0.1, -0.05) is 15.9 Å². The molecule has 3 aromatic rings. The average molecular weight is 334 g/mol. The molecular weight excluding hydrogens is 318 g/mol. The number of imidazole rings is 1. The van der Waals surface area contributed by atoms with Crippen molar-refractivity contribution >= 4 is 26.9 Å². The van der Waals surface area contributed by atoms with Gasteiger partial charge in [-0.3, -0.25) is 0 Å². The monoisotopic (exact) mass is 333 g/mol. The van der Waals surface area contributed by atoms with Gasteiger partial charge in [-0.05, 0) is 31.2 Å². The van der Waals surface area contributed by atoms with Crippen LogP contribution in [0.15, 0.2) is 45.5 Å². The van der Waals surface area contributed by atoms with Crippen molar-refractivity contribution in [2.45, 2.75) is 19.5 Å². The Hall–Kier alpha value is -1.59. The molecule has 2 aromatic heterocycles. The first kappa shape index (κ1) is 13.4. The highest BCUT2D eigenvalue weighted by atomic mass is 79.9. The maximum atomic E-state index is 5.87. The van der Waals surface area contributed by atoms with Crippen LogP contribution in [-0.2, 0) is 13.6 Å². The second-order valence-electron chi connectivity index (χ2n) is 4.89. The van der Waals surface area contributed by atoms with E-state index in [4.69, 9.17) is 4.42 Å². The molecule has 4 nitrogen and oxygen atoms in total. The van der Waals surface area contributed by atoms with Crippen molar-refractivity contribution in [2.75, 3.05) is 0 Å². The maximum Gasteiger partial charge on any atom is 0.134 e. The van der Waals surface area contributed by atoms with Crippen molar-refractivity contribution < 1.29 is 4.42 Å². The van der Waals surface area contributed by atoms with Crippen LogP contribution in [-0.4, -0.2) is 9.55 Å². The van der Waals surface area contributed by atoms with Gasteiger partial charge in [-0.25, -0.2) is 4.98 Å². The van der Waals surface area contributed by atoms with E-state index in [2.05, 4.69) is 45.3 Å². The fourth-order valence-electron chi connectivity index (χ4n) is 2.16. The van der Waals surface area contributed by atoms with E-state index in [1.165, 1.54) is 0 Å². The van der Waals surface area contributed by atoms with Crippen LogP contribution in [0.3, 0.4) is 0 Å². The summed E-state index contributed by atoms with van der Waals surface area (Å²) in [6.45, 7) is 2.81. The van der Waals surface area contributed by atoms with Gasteiger partial charge in [-0.15, -0.1) is 0 Å². The van der Waals surface area contributed by atoms with Crippen LogP contribution in [0.1, 0.15) is 24.6 Å². The first-order valence-electron chi connectivity index (χ1n) is 6.52. The van der Waals surface area contributed by atoms with Crippen molar-refractivity contribution in [1.82, 2.24) is 14.9 Å². The predicted molar refractivity (Wildman–Crippen MR) is 82.4 cm³/mol. The quantitative estimate of drug-likeness (QED) is 0.790. The lowest BCUT2D eigenvalue weighted by Gasteiger charge is -2.10. The Kier molecular flexibility index (Phi) is 3.63. The average Bonchev–Trinajstić information content (AvgIpc) is 3.01. The number of nitrogens with one attached hydrogen (secondary N) is 1. The molecule has 104 valence electrons. The molecule has 0 fully saturated rings. The van der Waals surface area contributed by atoms with E-state index in [0.717, 1.165) is 27.0 Å². The lowest BCUT2D eigenvalue weighted by atomic mass is 10.2. The van der Waals surface area contributed by atoms with Crippen molar-refractivity contribution in [3.63, 3.8) is 0 Å². The molecule has 0 bridgehead atoms. The molecule has 1 atom stereocenters. The Morgan fingerprint density at radius 2 is 2.25 bits per heavy atom. The molecule has 0 saturated heterocycles. The zero-order valence-electron chi connectivity index (χ0n) is 11.4. The van der Waals surface area contributed by atoms with Gasteiger partial charge < -0.3 is 14.3 Å². The Balaban J connectivity index is 1.75. The lowest BCUT2D eigenvalue weighted by Crippen LogP contribution is -2.19. The zero-order chi connectivity index (χ0) is 14.1. The van der Waals surface area contributed by atoms with Gasteiger partial charge in [0.15, 0.2) is 0 Å². The molecule has 0 spiro atoms. The van der Waals surface area contributed by atoms with Gasteiger partial charge in [0.05, 0.1) is 12.6 Å². The van der Waals surface area contributed by atoms with Crippen molar-refractivity contribution in [3.05, 3.63) is 52.7 Å². The number of fused-ring (bicyclic) bond motifs is 1. The SMILES string of the molecule is CC(NCc1nccn1C)c1cc2cc(Br)ccc2o1. The molecule has 0 aliphatic carbocycles. The number of aryl methyl sites for hydroxylation is 1. The number of halogens is 1. The Morgan fingerprint density at radius 1 is 1.40 bits per heavy atom. The summed E-state index contributed by atoms with van der Waals surface area (Å²) in [4.78, 5) is 4.30. The third kappa shape index (κ3) is 2.64. The molecule has 2 heterocycles. The van der Waals surface area contributed by atoms with Crippen LogP contribution >= 0.6 is 15.9 Å². The first-order chi connectivity index (χ1) is 9.63. The van der Waals surface area contributed by atoms with Crippen LogP contribution in [0.25, 0.3) is 11.0 Å². The third-order valence-electron chi connectivity index (χ3n) is 3.41. The summed E-state index contributed by atoms with van der Waals surface area (Å²) in [5.41, 5.74) is 0.911. The van der Waals surface area contributed by atoms with Crippen LogP contribution in [0.4, 0.5) is 0 Å². The Labute approximate surface area is 125 Å². The van der Waals surface area contributed by atoms with E-state index in [1.54, 1.807) is 6.20 Å². The number of hydrogen-bond donors (Lipinski definition) is 1. The molecular formula is C15H16BrN3O. The molecule has 0 aliphatic rings. The fourth-order valence-corrected chi connectivity index (χ4v) is 2.54. The highest BCUT2D eigenvalue weighted by molar-refractivity contribution is 9.10. The number of nitrogens with zero attached hydrogens (tertiary/aromatic N) is 2. The Bertz CT molecular complexity index is 732. The van der Waals surface area contributed by atoms with E-state index in [-0.39, 0.29) is 6.04 Å². The van der Waals surface area contributed by atoms with Gasteiger partial charge in [0.2, 0.25) is 0 Å². The van der Waals surface area contributed by atoms with Crippen LogP contribution in [0.5, 0.6) is 0 Å². The fraction of sp³-hybridized carbons (Fsp3) is 0.267. The minimum Gasteiger partial charge on any atom is -0.459 e. The van der Waals surface area contributed by atoms with E-state index < -0.39 is 0 Å². The molecule has 5 heteroatoms. The minimum atomic E-state index is 0.137. The Morgan fingerprint density at radius 3 is 3.00 bits per heavy atom. The summed E-state index contributed by atoms with van der Waals surface area (Å²) >= 11 is 3.48. The second-order valence-corrected chi connectivity index (χ2v) is 5.80.